The Bertz CT molecular complexity index is 111. The number of methoxy groups -OCH3 is 1. The zero-order valence-electron chi connectivity index (χ0n) is 6.27. The van der Waals surface area contributed by atoms with Crippen LogP contribution in [0.4, 0.5) is 0 Å². The van der Waals surface area contributed by atoms with Crippen LogP contribution >= 0.6 is 0 Å². The van der Waals surface area contributed by atoms with Crippen LogP contribution in [0.25, 0.3) is 4.85 Å². The molecule has 0 N–H and O–H groups in total. The van der Waals surface area contributed by atoms with E-state index in [0.717, 1.165) is 6.42 Å². The molecular formula is C7H13NO. The average molecular weight is 127 g/mol. The lowest BCUT2D eigenvalue weighted by molar-refractivity contribution is 0.0171. The fourth-order valence-electron chi connectivity index (χ4n) is 0.488. The molecule has 0 aliphatic carbocycles. The van der Waals surface area contributed by atoms with Crippen molar-refractivity contribution in [1.82, 2.24) is 0 Å². The van der Waals surface area contributed by atoms with E-state index in [0.29, 0.717) is 6.54 Å². The van der Waals surface area contributed by atoms with Crippen molar-refractivity contribution in [2.45, 2.75) is 25.9 Å². The summed E-state index contributed by atoms with van der Waals surface area (Å²) in [5.41, 5.74) is -0.220. The zero-order chi connectivity index (χ0) is 7.33. The van der Waals surface area contributed by atoms with Crippen LogP contribution < -0.4 is 0 Å². The molecule has 0 aliphatic rings. The van der Waals surface area contributed by atoms with Gasteiger partial charge in [0.15, 0.2) is 0 Å². The van der Waals surface area contributed by atoms with Gasteiger partial charge in [-0.2, -0.15) is 0 Å². The fourth-order valence-corrected chi connectivity index (χ4v) is 0.488. The Morgan fingerprint density at radius 2 is 2.22 bits per heavy atom. The van der Waals surface area contributed by atoms with E-state index >= 15 is 0 Å². The first-order chi connectivity index (χ1) is 4.18. The molecule has 0 fully saturated rings. The van der Waals surface area contributed by atoms with Gasteiger partial charge in [-0.15, -0.1) is 0 Å². The predicted molar refractivity (Wildman–Crippen MR) is 37.2 cm³/mol. The molecule has 2 nitrogen and oxygen atoms in total. The van der Waals surface area contributed by atoms with E-state index in [2.05, 4.69) is 4.85 Å². The van der Waals surface area contributed by atoms with Gasteiger partial charge in [0.2, 0.25) is 6.54 Å². The highest BCUT2D eigenvalue weighted by Gasteiger charge is 2.23. The van der Waals surface area contributed by atoms with Crippen molar-refractivity contribution in [2.24, 2.45) is 0 Å². The van der Waals surface area contributed by atoms with Crippen LogP contribution in [-0.2, 0) is 4.74 Å². The van der Waals surface area contributed by atoms with Gasteiger partial charge in [0.25, 0.3) is 0 Å². The Hall–Kier alpha value is -0.550. The number of nitrogens with zero attached hydrogens (tertiary/aromatic N) is 1. The summed E-state index contributed by atoms with van der Waals surface area (Å²) in [6.07, 6.45) is 0.895. The lowest BCUT2D eigenvalue weighted by Gasteiger charge is -2.19. The molecule has 0 saturated carbocycles. The summed E-state index contributed by atoms with van der Waals surface area (Å²) in [4.78, 5) is 3.27. The Morgan fingerprint density at radius 1 is 1.67 bits per heavy atom. The summed E-state index contributed by atoms with van der Waals surface area (Å²) >= 11 is 0. The zero-order valence-corrected chi connectivity index (χ0v) is 6.27. The first-order valence-corrected chi connectivity index (χ1v) is 3.07. The van der Waals surface area contributed by atoms with Gasteiger partial charge in [0.1, 0.15) is 5.60 Å². The third-order valence-corrected chi connectivity index (χ3v) is 1.65. The van der Waals surface area contributed by atoms with Crippen molar-refractivity contribution in [3.63, 3.8) is 0 Å². The summed E-state index contributed by atoms with van der Waals surface area (Å²) in [5.74, 6) is 0. The van der Waals surface area contributed by atoms with Crippen LogP contribution in [0, 0.1) is 6.57 Å². The molecule has 0 rings (SSSR count). The average Bonchev–Trinajstić information content (AvgIpc) is 1.89. The molecule has 0 saturated heterocycles. The summed E-state index contributed by atoms with van der Waals surface area (Å²) in [5, 5.41) is 0. The standard InChI is InChI=1S/C7H13NO/c1-5-7(2,9-4)6-8-3/h5-6H2,1-2,4H3. The fraction of sp³-hybridized carbons (Fsp3) is 0.857. The van der Waals surface area contributed by atoms with Gasteiger partial charge in [-0.25, -0.2) is 6.57 Å². The second kappa shape index (κ2) is 3.47. The normalized spacial score (nSPS) is 16.2. The minimum Gasteiger partial charge on any atom is -0.371 e. The van der Waals surface area contributed by atoms with Gasteiger partial charge >= 0.3 is 0 Å². The lowest BCUT2D eigenvalue weighted by Crippen LogP contribution is -2.28. The molecule has 0 amide bonds. The van der Waals surface area contributed by atoms with Crippen molar-refractivity contribution in [3.05, 3.63) is 11.4 Å². The number of hydrogen-bond donors (Lipinski definition) is 0. The highest BCUT2D eigenvalue weighted by molar-refractivity contribution is 4.81. The maximum atomic E-state index is 6.61. The van der Waals surface area contributed by atoms with Crippen LogP contribution in [-0.4, -0.2) is 19.3 Å². The molecule has 0 aliphatic heterocycles. The van der Waals surface area contributed by atoms with E-state index in [9.17, 15) is 0 Å². The van der Waals surface area contributed by atoms with Crippen LogP contribution in [0.15, 0.2) is 0 Å². The molecule has 0 spiro atoms. The van der Waals surface area contributed by atoms with Gasteiger partial charge < -0.3 is 9.58 Å². The number of rotatable bonds is 3. The highest BCUT2D eigenvalue weighted by Crippen LogP contribution is 2.13. The topological polar surface area (TPSA) is 13.6 Å². The second-order valence-electron chi connectivity index (χ2n) is 2.32. The Morgan fingerprint density at radius 3 is 2.33 bits per heavy atom. The van der Waals surface area contributed by atoms with Crippen LogP contribution in [0.2, 0.25) is 0 Å². The largest absolute Gasteiger partial charge is 0.371 e. The monoisotopic (exact) mass is 127 g/mol. The summed E-state index contributed by atoms with van der Waals surface area (Å²) in [6.45, 7) is 11.0. The van der Waals surface area contributed by atoms with Crippen LogP contribution in [0.1, 0.15) is 20.3 Å². The number of ether oxygens (including phenoxy) is 1. The minimum absolute atomic E-state index is 0.220. The molecular weight excluding hydrogens is 114 g/mol. The van der Waals surface area contributed by atoms with Crippen LogP contribution in [0.3, 0.4) is 0 Å². The van der Waals surface area contributed by atoms with Crippen molar-refractivity contribution < 1.29 is 4.74 Å². The number of hydrogen-bond acceptors (Lipinski definition) is 1. The van der Waals surface area contributed by atoms with E-state index in [1.54, 1.807) is 7.11 Å². The van der Waals surface area contributed by atoms with Crippen molar-refractivity contribution in [1.29, 1.82) is 0 Å². The highest BCUT2D eigenvalue weighted by atomic mass is 16.5. The van der Waals surface area contributed by atoms with E-state index in [1.807, 2.05) is 13.8 Å². The molecule has 0 bridgehead atoms. The quantitative estimate of drug-likeness (QED) is 0.526. The SMILES string of the molecule is [C-]#[N+]CC(C)(CC)OC. The van der Waals surface area contributed by atoms with Crippen LogP contribution in [0.5, 0.6) is 0 Å². The lowest BCUT2D eigenvalue weighted by atomic mass is 10.0. The van der Waals surface area contributed by atoms with Gasteiger partial charge in [0.05, 0.1) is 0 Å². The summed E-state index contributed by atoms with van der Waals surface area (Å²) in [6, 6.07) is 0. The summed E-state index contributed by atoms with van der Waals surface area (Å²) in [7, 11) is 1.65. The predicted octanol–water partition coefficient (Wildman–Crippen LogP) is 1.72. The molecule has 0 aromatic carbocycles. The first-order valence-electron chi connectivity index (χ1n) is 3.07. The van der Waals surface area contributed by atoms with E-state index < -0.39 is 0 Å². The third kappa shape index (κ3) is 2.48. The van der Waals surface area contributed by atoms with Crippen molar-refractivity contribution >= 4 is 0 Å². The van der Waals surface area contributed by atoms with E-state index in [-0.39, 0.29) is 5.60 Å². The van der Waals surface area contributed by atoms with Gasteiger partial charge in [0, 0.05) is 7.11 Å². The molecule has 9 heavy (non-hydrogen) atoms. The van der Waals surface area contributed by atoms with E-state index in [4.69, 9.17) is 11.3 Å². The van der Waals surface area contributed by atoms with Crippen molar-refractivity contribution in [3.8, 4) is 0 Å². The molecule has 1 unspecified atom stereocenters. The van der Waals surface area contributed by atoms with E-state index in [1.165, 1.54) is 0 Å². The van der Waals surface area contributed by atoms with Gasteiger partial charge in [-0.1, -0.05) is 6.92 Å². The smallest absolute Gasteiger partial charge is 0.242 e. The molecule has 0 heterocycles. The Kier molecular flexibility index (Phi) is 3.26. The Balaban J connectivity index is 3.80. The first kappa shape index (κ1) is 8.45. The summed E-state index contributed by atoms with van der Waals surface area (Å²) < 4.78 is 5.11. The third-order valence-electron chi connectivity index (χ3n) is 1.65. The van der Waals surface area contributed by atoms with Gasteiger partial charge in [-0.3, -0.25) is 0 Å². The molecule has 0 aromatic rings. The second-order valence-corrected chi connectivity index (χ2v) is 2.32. The Labute approximate surface area is 56.6 Å². The van der Waals surface area contributed by atoms with Gasteiger partial charge in [-0.05, 0) is 13.3 Å². The molecule has 2 heteroatoms. The molecule has 52 valence electrons. The molecule has 1 atom stereocenters. The van der Waals surface area contributed by atoms with Crippen molar-refractivity contribution in [2.75, 3.05) is 13.7 Å². The minimum atomic E-state index is -0.220. The molecule has 0 aromatic heterocycles. The molecule has 0 radical (unpaired) electrons. The maximum Gasteiger partial charge on any atom is 0.242 e. The maximum absolute atomic E-state index is 6.61.